The number of anilines is 1. The quantitative estimate of drug-likeness (QED) is 0.677. The highest BCUT2D eigenvalue weighted by Gasteiger charge is 2.29. The number of halogens is 1. The molecule has 0 amide bonds. The smallest absolute Gasteiger partial charge is 0.311 e. The van der Waals surface area contributed by atoms with Crippen molar-refractivity contribution in [2.75, 3.05) is 24.6 Å². The number of aromatic nitrogens is 1. The minimum Gasteiger partial charge on any atom is -0.396 e. The van der Waals surface area contributed by atoms with Crippen molar-refractivity contribution in [3.05, 3.63) is 27.0 Å². The van der Waals surface area contributed by atoms with E-state index < -0.39 is 4.92 Å². The van der Waals surface area contributed by atoms with Crippen LogP contribution in [0.25, 0.3) is 0 Å². The number of hydrogen-bond acceptors (Lipinski definition) is 5. The molecular weight excluding hydrogens is 290 g/mol. The highest BCUT2D eigenvalue weighted by Crippen LogP contribution is 2.37. The zero-order chi connectivity index (χ0) is 12.4. The predicted octanol–water partition coefficient (Wildman–Crippen LogP) is 1.57. The van der Waals surface area contributed by atoms with Gasteiger partial charge in [0, 0.05) is 31.8 Å². The second kappa shape index (κ2) is 4.97. The molecule has 1 saturated heterocycles. The number of pyridine rings is 1. The summed E-state index contributed by atoms with van der Waals surface area (Å²) >= 11 is 3.30. The van der Waals surface area contributed by atoms with Gasteiger partial charge in [-0.25, -0.2) is 0 Å². The number of rotatable bonds is 3. The van der Waals surface area contributed by atoms with E-state index in [9.17, 15) is 10.1 Å². The minimum absolute atomic E-state index is 0.00188. The van der Waals surface area contributed by atoms with Crippen LogP contribution in [-0.2, 0) is 0 Å². The Balaban J connectivity index is 2.34. The molecule has 1 N–H and O–H groups in total. The van der Waals surface area contributed by atoms with Gasteiger partial charge in [-0.15, -0.1) is 0 Å². The first kappa shape index (κ1) is 12.3. The van der Waals surface area contributed by atoms with Crippen molar-refractivity contribution in [2.24, 2.45) is 5.92 Å². The largest absolute Gasteiger partial charge is 0.396 e. The third-order valence-corrected chi connectivity index (χ3v) is 3.49. The molecule has 1 aromatic heterocycles. The van der Waals surface area contributed by atoms with Crippen molar-refractivity contribution in [2.45, 2.75) is 6.42 Å². The zero-order valence-electron chi connectivity index (χ0n) is 9.04. The minimum atomic E-state index is -0.431. The Bertz CT molecular complexity index is 441. The molecule has 17 heavy (non-hydrogen) atoms. The highest BCUT2D eigenvalue weighted by atomic mass is 79.9. The van der Waals surface area contributed by atoms with E-state index in [1.54, 1.807) is 6.20 Å². The maximum absolute atomic E-state index is 11.0. The van der Waals surface area contributed by atoms with Crippen molar-refractivity contribution < 1.29 is 10.0 Å². The molecule has 1 aromatic rings. The van der Waals surface area contributed by atoms with Gasteiger partial charge in [-0.05, 0) is 22.4 Å². The van der Waals surface area contributed by atoms with Crippen LogP contribution in [0.2, 0.25) is 0 Å². The summed E-state index contributed by atoms with van der Waals surface area (Å²) in [4.78, 5) is 16.3. The van der Waals surface area contributed by atoms with Crippen molar-refractivity contribution in [3.63, 3.8) is 0 Å². The molecule has 1 aliphatic heterocycles. The molecule has 0 bridgehead atoms. The van der Waals surface area contributed by atoms with E-state index in [2.05, 4.69) is 20.9 Å². The average molecular weight is 302 g/mol. The Kier molecular flexibility index (Phi) is 3.58. The normalized spacial score (nSPS) is 19.6. The number of nitrogens with zero attached hydrogens (tertiary/aromatic N) is 3. The third kappa shape index (κ3) is 2.39. The molecule has 1 fully saturated rings. The van der Waals surface area contributed by atoms with Gasteiger partial charge in [-0.3, -0.25) is 15.1 Å². The average Bonchev–Trinajstić information content (AvgIpc) is 2.76. The molecule has 6 nitrogen and oxygen atoms in total. The van der Waals surface area contributed by atoms with E-state index in [-0.39, 0.29) is 18.2 Å². The van der Waals surface area contributed by atoms with Crippen molar-refractivity contribution in [1.82, 2.24) is 4.98 Å². The lowest BCUT2D eigenvalue weighted by Crippen LogP contribution is -2.22. The maximum atomic E-state index is 11.0. The van der Waals surface area contributed by atoms with E-state index >= 15 is 0 Å². The molecule has 1 atom stereocenters. The molecule has 7 heteroatoms. The van der Waals surface area contributed by atoms with Gasteiger partial charge in [-0.1, -0.05) is 0 Å². The molecular formula is C10H12BrN3O3. The zero-order valence-corrected chi connectivity index (χ0v) is 10.6. The summed E-state index contributed by atoms with van der Waals surface area (Å²) in [5.74, 6) is 0.190. The third-order valence-electron chi connectivity index (χ3n) is 2.91. The first-order chi connectivity index (χ1) is 8.13. The lowest BCUT2D eigenvalue weighted by Gasteiger charge is -2.19. The lowest BCUT2D eigenvalue weighted by molar-refractivity contribution is -0.384. The van der Waals surface area contributed by atoms with Gasteiger partial charge in [0.15, 0.2) is 0 Å². The molecule has 1 unspecified atom stereocenters. The molecule has 0 spiro atoms. The Morgan fingerprint density at radius 2 is 2.41 bits per heavy atom. The molecule has 92 valence electrons. The molecule has 2 rings (SSSR count). The van der Waals surface area contributed by atoms with E-state index in [4.69, 9.17) is 5.11 Å². The summed E-state index contributed by atoms with van der Waals surface area (Å²) in [5, 5.41) is 20.0. The van der Waals surface area contributed by atoms with Gasteiger partial charge >= 0.3 is 5.69 Å². The van der Waals surface area contributed by atoms with Crippen LogP contribution < -0.4 is 4.90 Å². The van der Waals surface area contributed by atoms with E-state index in [0.717, 1.165) is 6.42 Å². The second-order valence-corrected chi connectivity index (χ2v) is 4.88. The van der Waals surface area contributed by atoms with Crippen LogP contribution in [0, 0.1) is 16.0 Å². The maximum Gasteiger partial charge on any atom is 0.311 e. The molecule has 1 aliphatic rings. The summed E-state index contributed by atoms with van der Waals surface area (Å²) in [5.41, 5.74) is 0.555. The molecule has 0 aliphatic carbocycles. The summed E-state index contributed by atoms with van der Waals surface area (Å²) < 4.78 is 0.616. The predicted molar refractivity (Wildman–Crippen MR) is 66.0 cm³/mol. The second-order valence-electron chi connectivity index (χ2n) is 4.03. The first-order valence-corrected chi connectivity index (χ1v) is 6.06. The summed E-state index contributed by atoms with van der Waals surface area (Å²) in [6.45, 7) is 1.47. The summed E-state index contributed by atoms with van der Waals surface area (Å²) in [7, 11) is 0. The molecule has 0 radical (unpaired) electrons. The van der Waals surface area contributed by atoms with E-state index in [1.165, 1.54) is 6.20 Å². The van der Waals surface area contributed by atoms with Crippen molar-refractivity contribution in [3.8, 4) is 0 Å². The SMILES string of the molecule is O=[N+]([O-])c1cncc(Br)c1N1CCC(CO)C1. The van der Waals surface area contributed by atoms with E-state index in [1.807, 2.05) is 4.90 Å². The molecule has 0 aromatic carbocycles. The Labute approximate surface area is 107 Å². The fraction of sp³-hybridized carbons (Fsp3) is 0.500. The number of aliphatic hydroxyl groups is 1. The summed E-state index contributed by atoms with van der Waals surface area (Å²) in [6, 6.07) is 0. The van der Waals surface area contributed by atoms with Crippen molar-refractivity contribution in [1.29, 1.82) is 0 Å². The van der Waals surface area contributed by atoms with Gasteiger partial charge in [0.1, 0.15) is 11.9 Å². The van der Waals surface area contributed by atoms with Crippen LogP contribution >= 0.6 is 15.9 Å². The van der Waals surface area contributed by atoms with Crippen LogP contribution in [0.3, 0.4) is 0 Å². The van der Waals surface area contributed by atoms with Gasteiger partial charge in [-0.2, -0.15) is 0 Å². The van der Waals surface area contributed by atoms with Gasteiger partial charge < -0.3 is 10.0 Å². The topological polar surface area (TPSA) is 79.5 Å². The lowest BCUT2D eigenvalue weighted by atomic mass is 10.1. The fourth-order valence-corrected chi connectivity index (χ4v) is 2.62. The van der Waals surface area contributed by atoms with Gasteiger partial charge in [0.25, 0.3) is 0 Å². The van der Waals surface area contributed by atoms with Crippen LogP contribution in [0.4, 0.5) is 11.4 Å². The fourth-order valence-electron chi connectivity index (χ4n) is 2.05. The standard InChI is InChI=1S/C10H12BrN3O3/c11-8-3-12-4-9(14(16)17)10(8)13-2-1-7(5-13)6-15/h3-4,7,15H,1-2,5-6H2. The Morgan fingerprint density at radius 1 is 1.65 bits per heavy atom. The first-order valence-electron chi connectivity index (χ1n) is 5.27. The van der Waals surface area contributed by atoms with E-state index in [0.29, 0.717) is 23.2 Å². The Hall–Kier alpha value is -1.21. The van der Waals surface area contributed by atoms with Crippen LogP contribution in [-0.4, -0.2) is 34.7 Å². The van der Waals surface area contributed by atoms with Crippen LogP contribution in [0.1, 0.15) is 6.42 Å². The highest BCUT2D eigenvalue weighted by molar-refractivity contribution is 9.10. The van der Waals surface area contributed by atoms with Crippen molar-refractivity contribution >= 4 is 27.3 Å². The number of nitro groups is 1. The van der Waals surface area contributed by atoms with Gasteiger partial charge in [0.2, 0.25) is 0 Å². The number of aliphatic hydroxyl groups excluding tert-OH is 1. The molecule has 2 heterocycles. The number of hydrogen-bond donors (Lipinski definition) is 1. The van der Waals surface area contributed by atoms with Crippen LogP contribution in [0.15, 0.2) is 16.9 Å². The monoisotopic (exact) mass is 301 g/mol. The Morgan fingerprint density at radius 3 is 3.00 bits per heavy atom. The summed E-state index contributed by atoms with van der Waals surface area (Å²) in [6.07, 6.45) is 3.66. The van der Waals surface area contributed by atoms with Crippen LogP contribution in [0.5, 0.6) is 0 Å². The van der Waals surface area contributed by atoms with Gasteiger partial charge in [0.05, 0.1) is 9.40 Å². The molecule has 0 saturated carbocycles.